The Morgan fingerprint density at radius 1 is 1.46 bits per heavy atom. The van der Waals surface area contributed by atoms with Gasteiger partial charge in [0.2, 0.25) is 0 Å². The Bertz CT molecular complexity index is 429. The first kappa shape index (κ1) is 8.26. The summed E-state index contributed by atoms with van der Waals surface area (Å²) in [4.78, 5) is 0. The number of hydrogen-bond acceptors (Lipinski definition) is 2. The molecule has 1 unspecified atom stereocenters. The molecular formula is C10H13N3. The average molecular weight is 175 g/mol. The number of fused-ring (bicyclic) bond motifs is 1. The maximum atomic E-state index is 5.79. The Kier molecular flexibility index (Phi) is 1.81. The van der Waals surface area contributed by atoms with E-state index < -0.39 is 0 Å². The largest absolute Gasteiger partial charge is 0.323 e. The van der Waals surface area contributed by atoms with Crippen LogP contribution in [0.1, 0.15) is 24.2 Å². The second kappa shape index (κ2) is 2.85. The highest BCUT2D eigenvalue weighted by Crippen LogP contribution is 2.20. The van der Waals surface area contributed by atoms with Gasteiger partial charge in [-0.15, -0.1) is 0 Å². The van der Waals surface area contributed by atoms with Gasteiger partial charge in [0.1, 0.15) is 0 Å². The van der Waals surface area contributed by atoms with Gasteiger partial charge in [0.15, 0.2) is 0 Å². The first-order valence-corrected chi connectivity index (χ1v) is 4.38. The van der Waals surface area contributed by atoms with Crippen molar-refractivity contribution in [3.8, 4) is 0 Å². The highest BCUT2D eigenvalue weighted by Gasteiger charge is 2.07. The molecule has 3 nitrogen and oxygen atoms in total. The van der Waals surface area contributed by atoms with Crippen LogP contribution in [-0.4, -0.2) is 10.2 Å². The van der Waals surface area contributed by atoms with E-state index in [4.69, 9.17) is 5.73 Å². The van der Waals surface area contributed by atoms with Crippen molar-refractivity contribution in [1.82, 2.24) is 10.2 Å². The van der Waals surface area contributed by atoms with Crippen molar-refractivity contribution in [2.75, 3.05) is 0 Å². The molecule has 0 spiro atoms. The first-order valence-electron chi connectivity index (χ1n) is 4.38. The molecular weight excluding hydrogens is 162 g/mol. The molecule has 13 heavy (non-hydrogen) atoms. The molecule has 0 aliphatic rings. The van der Waals surface area contributed by atoms with Crippen LogP contribution in [0.25, 0.3) is 10.9 Å². The van der Waals surface area contributed by atoms with Crippen molar-refractivity contribution in [2.45, 2.75) is 19.9 Å². The number of nitrogens with one attached hydrogen (secondary N) is 1. The summed E-state index contributed by atoms with van der Waals surface area (Å²) >= 11 is 0. The molecule has 0 aliphatic heterocycles. The Balaban J connectivity index is 2.69. The Morgan fingerprint density at radius 2 is 2.23 bits per heavy atom. The van der Waals surface area contributed by atoms with Gasteiger partial charge in [-0.05, 0) is 25.5 Å². The minimum atomic E-state index is 0.00714. The SMILES string of the molecule is Cc1ccc2c(C(C)N)[nH]nc2c1. The van der Waals surface area contributed by atoms with Gasteiger partial charge < -0.3 is 5.73 Å². The van der Waals surface area contributed by atoms with Gasteiger partial charge in [-0.25, -0.2) is 0 Å². The number of rotatable bonds is 1. The molecule has 3 N–H and O–H groups in total. The van der Waals surface area contributed by atoms with Gasteiger partial charge in [-0.2, -0.15) is 5.10 Å². The van der Waals surface area contributed by atoms with Crippen LogP contribution in [0.2, 0.25) is 0 Å². The fraction of sp³-hybridized carbons (Fsp3) is 0.300. The van der Waals surface area contributed by atoms with E-state index in [9.17, 15) is 0 Å². The number of aromatic amines is 1. The van der Waals surface area contributed by atoms with E-state index in [1.54, 1.807) is 0 Å². The van der Waals surface area contributed by atoms with Gasteiger partial charge in [-0.1, -0.05) is 12.1 Å². The zero-order valence-corrected chi connectivity index (χ0v) is 7.83. The summed E-state index contributed by atoms with van der Waals surface area (Å²) in [6.45, 7) is 4.01. The molecule has 1 aromatic heterocycles. The summed E-state index contributed by atoms with van der Waals surface area (Å²) in [7, 11) is 0. The third-order valence-corrected chi connectivity index (χ3v) is 2.20. The fourth-order valence-corrected chi connectivity index (χ4v) is 1.49. The predicted molar refractivity (Wildman–Crippen MR) is 53.4 cm³/mol. The fourth-order valence-electron chi connectivity index (χ4n) is 1.49. The van der Waals surface area contributed by atoms with Crippen molar-refractivity contribution in [1.29, 1.82) is 0 Å². The van der Waals surface area contributed by atoms with Crippen LogP contribution in [0, 0.1) is 6.92 Å². The van der Waals surface area contributed by atoms with Crippen LogP contribution in [-0.2, 0) is 0 Å². The summed E-state index contributed by atoms with van der Waals surface area (Å²) in [6, 6.07) is 6.20. The lowest BCUT2D eigenvalue weighted by Crippen LogP contribution is -2.05. The van der Waals surface area contributed by atoms with Gasteiger partial charge in [0.05, 0.1) is 11.2 Å². The van der Waals surface area contributed by atoms with Crippen LogP contribution in [0.15, 0.2) is 18.2 Å². The second-order valence-electron chi connectivity index (χ2n) is 3.45. The number of hydrogen-bond donors (Lipinski definition) is 2. The smallest absolute Gasteiger partial charge is 0.0926 e. The lowest BCUT2D eigenvalue weighted by Gasteiger charge is -2.01. The van der Waals surface area contributed by atoms with Crippen LogP contribution < -0.4 is 5.73 Å². The predicted octanol–water partition coefficient (Wildman–Crippen LogP) is 1.89. The molecule has 1 heterocycles. The molecule has 1 aromatic carbocycles. The highest BCUT2D eigenvalue weighted by atomic mass is 15.1. The van der Waals surface area contributed by atoms with Crippen molar-refractivity contribution in [3.05, 3.63) is 29.5 Å². The van der Waals surface area contributed by atoms with E-state index in [1.807, 2.05) is 6.92 Å². The maximum Gasteiger partial charge on any atom is 0.0926 e. The quantitative estimate of drug-likeness (QED) is 0.695. The summed E-state index contributed by atoms with van der Waals surface area (Å²) < 4.78 is 0. The summed E-state index contributed by atoms with van der Waals surface area (Å²) in [5.41, 5.74) is 9.01. The molecule has 0 aliphatic carbocycles. The van der Waals surface area contributed by atoms with Crippen molar-refractivity contribution in [3.63, 3.8) is 0 Å². The normalized spacial score (nSPS) is 13.5. The molecule has 0 radical (unpaired) electrons. The molecule has 68 valence electrons. The lowest BCUT2D eigenvalue weighted by atomic mass is 10.1. The highest BCUT2D eigenvalue weighted by molar-refractivity contribution is 5.82. The van der Waals surface area contributed by atoms with Crippen molar-refractivity contribution in [2.24, 2.45) is 5.73 Å². The number of nitrogens with two attached hydrogens (primary N) is 1. The van der Waals surface area contributed by atoms with E-state index in [-0.39, 0.29) is 6.04 Å². The van der Waals surface area contributed by atoms with Gasteiger partial charge >= 0.3 is 0 Å². The van der Waals surface area contributed by atoms with Crippen LogP contribution in [0.4, 0.5) is 0 Å². The number of nitrogens with zero attached hydrogens (tertiary/aromatic N) is 1. The van der Waals surface area contributed by atoms with E-state index in [2.05, 4.69) is 35.3 Å². The minimum absolute atomic E-state index is 0.00714. The summed E-state index contributed by atoms with van der Waals surface area (Å²) in [6.07, 6.45) is 0. The molecule has 0 amide bonds. The number of aryl methyl sites for hydroxylation is 1. The van der Waals surface area contributed by atoms with Gasteiger partial charge in [0, 0.05) is 11.4 Å². The van der Waals surface area contributed by atoms with E-state index in [1.165, 1.54) is 5.56 Å². The third kappa shape index (κ3) is 1.31. The van der Waals surface area contributed by atoms with E-state index >= 15 is 0 Å². The monoisotopic (exact) mass is 175 g/mol. The van der Waals surface area contributed by atoms with Gasteiger partial charge in [-0.3, -0.25) is 5.10 Å². The van der Waals surface area contributed by atoms with Gasteiger partial charge in [0.25, 0.3) is 0 Å². The van der Waals surface area contributed by atoms with Crippen LogP contribution in [0.5, 0.6) is 0 Å². The van der Waals surface area contributed by atoms with Crippen LogP contribution in [0.3, 0.4) is 0 Å². The average Bonchev–Trinajstić information content (AvgIpc) is 2.46. The van der Waals surface area contributed by atoms with Crippen molar-refractivity contribution >= 4 is 10.9 Å². The Labute approximate surface area is 76.9 Å². The zero-order valence-electron chi connectivity index (χ0n) is 7.83. The Morgan fingerprint density at radius 3 is 2.92 bits per heavy atom. The molecule has 1 atom stereocenters. The van der Waals surface area contributed by atoms with Crippen LogP contribution >= 0.6 is 0 Å². The third-order valence-electron chi connectivity index (χ3n) is 2.20. The maximum absolute atomic E-state index is 5.79. The Hall–Kier alpha value is -1.35. The number of aromatic nitrogens is 2. The van der Waals surface area contributed by atoms with E-state index in [0.717, 1.165) is 16.6 Å². The summed E-state index contributed by atoms with van der Waals surface area (Å²) in [5.74, 6) is 0. The van der Waals surface area contributed by atoms with E-state index in [0.29, 0.717) is 0 Å². The summed E-state index contributed by atoms with van der Waals surface area (Å²) in [5, 5.41) is 8.29. The standard InChI is InChI=1S/C10H13N3/c1-6-3-4-8-9(5-6)12-13-10(8)7(2)11/h3-5,7H,11H2,1-2H3,(H,12,13). The zero-order chi connectivity index (χ0) is 9.42. The molecule has 0 saturated carbocycles. The number of H-pyrrole nitrogens is 1. The molecule has 0 saturated heterocycles. The minimum Gasteiger partial charge on any atom is -0.323 e. The van der Waals surface area contributed by atoms with Crippen molar-refractivity contribution < 1.29 is 0 Å². The molecule has 0 fully saturated rings. The first-order chi connectivity index (χ1) is 6.18. The topological polar surface area (TPSA) is 54.7 Å². The molecule has 2 rings (SSSR count). The second-order valence-corrected chi connectivity index (χ2v) is 3.45. The molecule has 2 aromatic rings. The molecule has 3 heteroatoms. The lowest BCUT2D eigenvalue weighted by molar-refractivity contribution is 0.779. The number of benzene rings is 1. The molecule has 0 bridgehead atoms.